The van der Waals surface area contributed by atoms with Crippen molar-refractivity contribution in [3.63, 3.8) is 0 Å². The van der Waals surface area contributed by atoms with Gasteiger partial charge in [0, 0.05) is 26.2 Å². The predicted octanol–water partition coefficient (Wildman–Crippen LogP) is 15.5. The van der Waals surface area contributed by atoms with Crippen LogP contribution in [0.3, 0.4) is 0 Å². The van der Waals surface area contributed by atoms with E-state index in [9.17, 15) is 4.79 Å². The van der Waals surface area contributed by atoms with Gasteiger partial charge in [0.1, 0.15) is 6.29 Å². The van der Waals surface area contributed by atoms with Crippen molar-refractivity contribution in [1.29, 1.82) is 0 Å². The second kappa shape index (κ2) is 54.7. The summed E-state index contributed by atoms with van der Waals surface area (Å²) in [6.45, 7) is 6.49. The predicted molar refractivity (Wildman–Crippen MR) is 313 cm³/mol. The summed E-state index contributed by atoms with van der Waals surface area (Å²) in [5, 5.41) is 0. The first-order valence-corrected chi connectivity index (χ1v) is 36.5. The minimum Gasteiger partial charge on any atom is -0.0622 e. The summed E-state index contributed by atoms with van der Waals surface area (Å²) in [5.41, 5.74) is 5.05. The van der Waals surface area contributed by atoms with E-state index in [2.05, 4.69) is 118 Å². The number of hydrogen-bond donors (Lipinski definition) is 0. The number of allylic oxidation sites excluding steroid dienone is 4. The molecule has 0 saturated carbocycles. The van der Waals surface area contributed by atoms with Crippen LogP contribution in [0.4, 0.5) is 0 Å². The molecular weight excluding hydrogens is 1040 g/mol. The average Bonchev–Trinajstić information content (AvgIpc) is 3.42. The van der Waals surface area contributed by atoms with Crippen molar-refractivity contribution in [3.8, 4) is 0 Å². The Hall–Kier alpha value is -2.54. The van der Waals surface area contributed by atoms with Crippen LogP contribution in [0.1, 0.15) is 189 Å². The fourth-order valence-corrected chi connectivity index (χ4v) is 13.6. The van der Waals surface area contributed by atoms with Crippen molar-refractivity contribution in [2.75, 3.05) is 30.9 Å². The molecule has 0 fully saturated rings. The van der Waals surface area contributed by atoms with Gasteiger partial charge in [-0.25, -0.2) is 0 Å². The molecule has 72 heavy (non-hydrogen) atoms. The van der Waals surface area contributed by atoms with E-state index in [4.69, 9.17) is 18.9 Å². The number of halogens is 1. The molecule has 4 aromatic carbocycles. The maximum atomic E-state index is 10.1. The van der Waals surface area contributed by atoms with Gasteiger partial charge in [0.2, 0.25) is 0 Å². The molecule has 0 bridgehead atoms. The normalized spacial score (nSPS) is 11.3. The minimum absolute atomic E-state index is 0.602. The van der Waals surface area contributed by atoms with Crippen LogP contribution in [0.25, 0.3) is 0 Å². The molecule has 0 aliphatic rings. The third-order valence-electron chi connectivity index (χ3n) is 12.1. The van der Waals surface area contributed by atoms with Gasteiger partial charge in [0.05, 0.1) is 19.8 Å². The summed E-state index contributed by atoms with van der Waals surface area (Å²) in [6.07, 6.45) is 42.8. The topological polar surface area (TPSA) is 54.0 Å². The monoisotopic (exact) mass is 1140 g/mol. The van der Waals surface area contributed by atoms with E-state index in [-0.39, 0.29) is 0 Å². The van der Waals surface area contributed by atoms with E-state index in [0.29, 0.717) is 20.7 Å². The molecule has 4 rings (SSSR count). The maximum absolute atomic E-state index is 10.1. The molecule has 2 unspecified atom stereocenters. The number of rotatable bonds is 45. The molecular formula is C64H99IO5P2. The molecule has 0 amide bonds. The first-order valence-electron chi connectivity index (χ1n) is 28.1. The summed E-state index contributed by atoms with van der Waals surface area (Å²) >= 11 is 0.602. The van der Waals surface area contributed by atoms with Crippen LogP contribution in [0.2, 0.25) is 0 Å². The Morgan fingerprint density at radius 2 is 0.611 bits per heavy atom. The van der Waals surface area contributed by atoms with Gasteiger partial charge in [-0.2, -0.15) is 0 Å². The summed E-state index contributed by atoms with van der Waals surface area (Å²) in [6, 6.07) is 41.6. The van der Waals surface area contributed by atoms with Crippen molar-refractivity contribution in [2.24, 2.45) is 0 Å². The van der Waals surface area contributed by atoms with Crippen LogP contribution < -0.4 is 20.7 Å². The third kappa shape index (κ3) is 46.0. The minimum atomic E-state index is 0.602. The Morgan fingerprint density at radius 3 is 0.903 bits per heavy atom. The summed E-state index contributed by atoms with van der Waals surface area (Å²) < 4.78 is 24.4. The molecule has 0 aromatic heterocycles. The zero-order valence-corrected chi connectivity index (χ0v) is 49.2. The van der Waals surface area contributed by atoms with E-state index in [1.54, 1.807) is 4.43 Å². The van der Waals surface area contributed by atoms with Gasteiger partial charge < -0.3 is 19.0 Å². The molecule has 4 aromatic rings. The van der Waals surface area contributed by atoms with E-state index < -0.39 is 0 Å². The van der Waals surface area contributed by atoms with Crippen LogP contribution in [0, 0.1) is 0 Å². The summed E-state index contributed by atoms with van der Waals surface area (Å²) in [4.78, 5) is 10.1. The second-order valence-electron chi connectivity index (χ2n) is 18.6. The molecule has 0 aliphatic heterocycles. The molecule has 0 heterocycles. The van der Waals surface area contributed by atoms with Gasteiger partial charge in [-0.15, -0.1) is 0 Å². The standard InChI is InChI=1S/C32H46O2.C16H29IOP2.C16H24O2/c1(3-5-7-9-11-13-21-27-33-29-31-23-17-15-18-24-31)2-4-6-8-10-12-14-22-28-34-30-32-25-19-16-20-26-32;19-20-17-13-9-4-2-1-3-5-10-14-18-15-16-11-7-6-8-12-16;17-13-9-4-2-1-3-5-10-14-18-15-16-11-7-6-8-12-16/h1-4,15-20,23-26H,5-14,21-22,27-30H2;6-8,11-12H,1-5,9-10,13-15,19-20H2;6-8,11-13H,1-5,9-10,14-15H2/b3-1-,4-2-;;. The van der Waals surface area contributed by atoms with Gasteiger partial charge in [-0.3, -0.25) is 0 Å². The number of aldehydes is 1. The van der Waals surface area contributed by atoms with Crippen LogP contribution >= 0.6 is 14.8 Å². The number of benzene rings is 4. The number of ether oxygens (including phenoxy) is 4. The van der Waals surface area contributed by atoms with Gasteiger partial charge >= 0.3 is 108 Å². The fourth-order valence-electron chi connectivity index (χ4n) is 7.86. The molecule has 402 valence electrons. The first-order chi connectivity index (χ1) is 35.8. The van der Waals surface area contributed by atoms with Crippen LogP contribution in [-0.2, 0) is 50.2 Å². The van der Waals surface area contributed by atoms with E-state index >= 15 is 0 Å². The molecule has 0 saturated heterocycles. The van der Waals surface area contributed by atoms with Crippen molar-refractivity contribution in [2.45, 2.75) is 193 Å². The average molecular weight is 1140 g/mol. The van der Waals surface area contributed by atoms with Crippen LogP contribution in [0.15, 0.2) is 146 Å². The zero-order chi connectivity index (χ0) is 51.0. The Kier molecular flexibility index (Phi) is 49.8. The Bertz CT molecular complexity index is 1670. The van der Waals surface area contributed by atoms with Crippen LogP contribution in [0.5, 0.6) is 0 Å². The van der Waals surface area contributed by atoms with Gasteiger partial charge in [0.25, 0.3) is 0 Å². The quantitative estimate of drug-likeness (QED) is 0.0110. The Balaban J connectivity index is 0.000000399. The first kappa shape index (κ1) is 65.6. The van der Waals surface area contributed by atoms with Crippen molar-refractivity contribution >= 4 is 21.1 Å². The number of carbonyl (C=O) groups is 1. The van der Waals surface area contributed by atoms with Gasteiger partial charge in [-0.05, 0) is 68.1 Å². The Morgan fingerprint density at radius 1 is 0.347 bits per heavy atom. The summed E-state index contributed by atoms with van der Waals surface area (Å²) in [7, 11) is 2.94. The molecule has 2 atom stereocenters. The number of alkyl halides is 1. The van der Waals surface area contributed by atoms with E-state index in [1.165, 1.54) is 170 Å². The smallest absolute Gasteiger partial charge is 0.0622 e. The van der Waals surface area contributed by atoms with Gasteiger partial charge in [0.15, 0.2) is 0 Å². The molecule has 0 N–H and O–H groups in total. The fraction of sp³-hybridized carbons (Fsp3) is 0.547. The number of hydrogen-bond acceptors (Lipinski definition) is 5. The van der Waals surface area contributed by atoms with Crippen molar-refractivity contribution in [3.05, 3.63) is 168 Å². The molecule has 5 nitrogen and oxygen atoms in total. The van der Waals surface area contributed by atoms with E-state index in [1.807, 2.05) is 36.4 Å². The SMILES string of the molecule is C(/C=C\CCCCCCCOCc1ccccc1)=C/CCCCCCCOCc1ccccc1.O=CCCCCCCCCOCc1ccccc1.P[PH2+][I-]CCCCCCCCCOCc1ccccc1. The molecule has 0 spiro atoms. The van der Waals surface area contributed by atoms with Crippen LogP contribution in [-0.4, -0.2) is 37.1 Å². The zero-order valence-electron chi connectivity index (χ0n) is 44.8. The van der Waals surface area contributed by atoms with E-state index in [0.717, 1.165) is 84.3 Å². The molecule has 8 heteroatoms. The van der Waals surface area contributed by atoms with Crippen molar-refractivity contribution in [1.82, 2.24) is 0 Å². The second-order valence-corrected chi connectivity index (χ2v) is 30.2. The van der Waals surface area contributed by atoms with Gasteiger partial charge in [-0.1, -0.05) is 210 Å². The number of unbranched alkanes of at least 4 members (excludes halogenated alkanes) is 22. The number of carbonyl (C=O) groups excluding carboxylic acids is 1. The Labute approximate surface area is 454 Å². The van der Waals surface area contributed by atoms with Crippen molar-refractivity contribution < 1.29 is 44.4 Å². The molecule has 0 aliphatic carbocycles. The molecule has 0 radical (unpaired) electrons. The third-order valence-corrected chi connectivity index (χ3v) is 20.3. The summed E-state index contributed by atoms with van der Waals surface area (Å²) in [5.74, 6) is 0.761.